The van der Waals surface area contributed by atoms with Gasteiger partial charge in [-0.1, -0.05) is 59.8 Å². The molecule has 4 fully saturated rings. The first kappa shape index (κ1) is 24.2. The van der Waals surface area contributed by atoms with Crippen LogP contribution in [0.1, 0.15) is 80.6 Å². The molecule has 33 heavy (non-hydrogen) atoms. The summed E-state index contributed by atoms with van der Waals surface area (Å²) in [6.45, 7) is 18.8. The topological polar surface area (TPSA) is 60.4 Å². The molecule has 4 bridgehead atoms. The molecule has 0 N–H and O–H groups in total. The number of ketones is 2. The molecule has 4 heteroatoms. The van der Waals surface area contributed by atoms with Crippen LogP contribution in [0.5, 0.6) is 0 Å². The average Bonchev–Trinajstić information content (AvgIpc) is 3.21. The number of allylic oxidation sites excluding steroid dienone is 3. The molecule has 0 aromatic carbocycles. The highest BCUT2D eigenvalue weighted by molar-refractivity contribution is 6.07. The maximum atomic E-state index is 13.6. The molecule has 0 radical (unpaired) electrons. The zero-order valence-corrected chi connectivity index (χ0v) is 21.5. The summed E-state index contributed by atoms with van der Waals surface area (Å²) in [5.74, 6) is 0.105. The Hall–Kier alpha value is -1.97. The van der Waals surface area contributed by atoms with Crippen molar-refractivity contribution in [2.45, 2.75) is 80.6 Å². The van der Waals surface area contributed by atoms with Crippen molar-refractivity contribution in [3.8, 4) is 0 Å². The van der Waals surface area contributed by atoms with Crippen LogP contribution in [0.15, 0.2) is 36.0 Å². The van der Waals surface area contributed by atoms with Crippen molar-refractivity contribution >= 4 is 17.5 Å². The maximum Gasteiger partial charge on any atom is 0.320 e. The van der Waals surface area contributed by atoms with Gasteiger partial charge < -0.3 is 4.74 Å². The number of rotatable bonds is 6. The minimum atomic E-state index is -1.19. The minimum Gasteiger partial charge on any atom is -0.465 e. The third kappa shape index (κ3) is 2.85. The number of hydrogen-bond acceptors (Lipinski definition) is 4. The molecule has 0 saturated heterocycles. The summed E-state index contributed by atoms with van der Waals surface area (Å²) >= 11 is 0. The van der Waals surface area contributed by atoms with Crippen LogP contribution in [-0.2, 0) is 19.1 Å². The molecule has 0 heterocycles. The first-order chi connectivity index (χ1) is 15.2. The van der Waals surface area contributed by atoms with Crippen LogP contribution in [0, 0.1) is 38.9 Å². The van der Waals surface area contributed by atoms with Gasteiger partial charge in [0.15, 0.2) is 11.6 Å². The molecule has 0 spiro atoms. The van der Waals surface area contributed by atoms with E-state index < -0.39 is 22.2 Å². The summed E-state index contributed by atoms with van der Waals surface area (Å²) in [6.07, 6.45) is 9.38. The molecule has 4 unspecified atom stereocenters. The Labute approximate surface area is 198 Å². The van der Waals surface area contributed by atoms with Gasteiger partial charge in [-0.05, 0) is 72.8 Å². The van der Waals surface area contributed by atoms with Gasteiger partial charge in [0.25, 0.3) is 0 Å². The molecule has 0 amide bonds. The zero-order valence-electron chi connectivity index (χ0n) is 21.5. The maximum absolute atomic E-state index is 13.6. The van der Waals surface area contributed by atoms with Crippen LogP contribution in [0.2, 0.25) is 0 Å². The van der Waals surface area contributed by atoms with Gasteiger partial charge >= 0.3 is 5.97 Å². The number of hydrogen-bond donors (Lipinski definition) is 0. The Morgan fingerprint density at radius 3 is 1.67 bits per heavy atom. The van der Waals surface area contributed by atoms with E-state index in [1.54, 1.807) is 13.0 Å². The summed E-state index contributed by atoms with van der Waals surface area (Å²) in [4.78, 5) is 40.8. The van der Waals surface area contributed by atoms with Crippen molar-refractivity contribution in [1.82, 2.24) is 0 Å². The number of fused-ring (bicyclic) bond motifs is 4. The van der Waals surface area contributed by atoms with Crippen molar-refractivity contribution < 1.29 is 19.1 Å². The molecule has 4 aliphatic carbocycles. The van der Waals surface area contributed by atoms with E-state index in [4.69, 9.17) is 4.74 Å². The van der Waals surface area contributed by atoms with Crippen molar-refractivity contribution in [3.63, 3.8) is 0 Å². The van der Waals surface area contributed by atoms with Crippen molar-refractivity contribution in [1.29, 1.82) is 0 Å². The normalized spacial score (nSPS) is 40.0. The monoisotopic (exact) mass is 452 g/mol. The van der Waals surface area contributed by atoms with Crippen molar-refractivity contribution in [2.75, 3.05) is 6.61 Å². The highest BCUT2D eigenvalue weighted by Crippen LogP contribution is 2.67. The molecule has 4 aliphatic rings. The second kappa shape index (κ2) is 7.26. The molecular formula is C29H40O4. The zero-order chi connectivity index (χ0) is 24.6. The van der Waals surface area contributed by atoms with E-state index in [-0.39, 0.29) is 40.8 Å². The lowest BCUT2D eigenvalue weighted by Crippen LogP contribution is -2.34. The van der Waals surface area contributed by atoms with Gasteiger partial charge in [-0.15, -0.1) is 6.58 Å². The number of esters is 1. The van der Waals surface area contributed by atoms with Gasteiger partial charge in [0.2, 0.25) is 0 Å². The first-order valence-corrected chi connectivity index (χ1v) is 12.6. The van der Waals surface area contributed by atoms with E-state index in [1.165, 1.54) is 0 Å². The third-order valence-electron chi connectivity index (χ3n) is 10.7. The van der Waals surface area contributed by atoms with E-state index in [1.807, 2.05) is 12.2 Å². The van der Waals surface area contributed by atoms with Crippen LogP contribution < -0.4 is 0 Å². The number of Topliss-reactive ketones (excluding diaryl/α,β-unsaturated/α-hetero) is 2. The van der Waals surface area contributed by atoms with Crippen LogP contribution in [-0.4, -0.2) is 24.1 Å². The number of carbonyl (C=O) groups excluding carboxylic acids is 3. The Bertz CT molecular complexity index is 929. The Kier molecular flexibility index (Phi) is 5.32. The fourth-order valence-electron chi connectivity index (χ4n) is 7.61. The second-order valence-corrected chi connectivity index (χ2v) is 12.4. The smallest absolute Gasteiger partial charge is 0.320 e. The molecule has 0 aliphatic heterocycles. The molecule has 4 nitrogen and oxygen atoms in total. The molecule has 0 aromatic heterocycles. The molecule has 4 rings (SSSR count). The van der Waals surface area contributed by atoms with Gasteiger partial charge in [0.1, 0.15) is 5.41 Å². The lowest BCUT2D eigenvalue weighted by Gasteiger charge is -2.31. The van der Waals surface area contributed by atoms with Gasteiger partial charge in [-0.2, -0.15) is 0 Å². The Morgan fingerprint density at radius 1 is 0.939 bits per heavy atom. The van der Waals surface area contributed by atoms with Gasteiger partial charge in [-0.3, -0.25) is 14.4 Å². The molecule has 180 valence electrons. The molecule has 4 saturated carbocycles. The van der Waals surface area contributed by atoms with Gasteiger partial charge in [-0.25, -0.2) is 0 Å². The summed E-state index contributed by atoms with van der Waals surface area (Å²) in [6, 6.07) is 0. The lowest BCUT2D eigenvalue weighted by atomic mass is 9.70. The summed E-state index contributed by atoms with van der Waals surface area (Å²) in [7, 11) is 0. The Balaban J connectivity index is 1.91. The standard InChI is InChI=1S/C29H40O4/c1-9-13-29(24(32)33-10-2,16-18-20-11-14-27(7,22(18)30)25(20,3)4)17-19-21-12-15-28(8,23(19)31)26(21,5)6/h9,16-17,20-21H,1,10-15H2,2-8H3/b18-16-,19-17-. The van der Waals surface area contributed by atoms with E-state index in [9.17, 15) is 14.4 Å². The third-order valence-corrected chi connectivity index (χ3v) is 10.7. The summed E-state index contributed by atoms with van der Waals surface area (Å²) < 4.78 is 5.57. The van der Waals surface area contributed by atoms with Gasteiger partial charge in [0.05, 0.1) is 6.61 Å². The largest absolute Gasteiger partial charge is 0.465 e. The first-order valence-electron chi connectivity index (χ1n) is 12.6. The predicted octanol–water partition coefficient (Wildman–Crippen LogP) is 6.02. The lowest BCUT2D eigenvalue weighted by molar-refractivity contribution is -0.149. The summed E-state index contributed by atoms with van der Waals surface area (Å²) in [5.41, 5.74) is -0.860. The number of ether oxygens (including phenoxy) is 1. The van der Waals surface area contributed by atoms with E-state index in [0.717, 1.165) is 36.8 Å². The van der Waals surface area contributed by atoms with Crippen LogP contribution in [0.4, 0.5) is 0 Å². The van der Waals surface area contributed by atoms with Crippen molar-refractivity contribution in [3.05, 3.63) is 36.0 Å². The van der Waals surface area contributed by atoms with Crippen LogP contribution in [0.25, 0.3) is 0 Å². The van der Waals surface area contributed by atoms with Gasteiger partial charge in [0, 0.05) is 10.8 Å². The predicted molar refractivity (Wildman–Crippen MR) is 129 cm³/mol. The van der Waals surface area contributed by atoms with E-state index in [2.05, 4.69) is 48.1 Å². The average molecular weight is 453 g/mol. The highest BCUT2D eigenvalue weighted by atomic mass is 16.5. The second-order valence-electron chi connectivity index (χ2n) is 12.4. The highest BCUT2D eigenvalue weighted by Gasteiger charge is 2.66. The SMILES string of the molecule is C=CCC(/C=C1\C(=O)C2(C)CCC1C2(C)C)(/C=C1\C(=O)C2(C)CCC1C2(C)C)C(=O)OCC. The van der Waals surface area contributed by atoms with Crippen LogP contribution >= 0.6 is 0 Å². The molecule has 4 atom stereocenters. The fourth-order valence-corrected chi connectivity index (χ4v) is 7.61. The van der Waals surface area contributed by atoms with Crippen LogP contribution in [0.3, 0.4) is 0 Å². The molecule has 0 aromatic rings. The Morgan fingerprint density at radius 2 is 1.36 bits per heavy atom. The quantitative estimate of drug-likeness (QED) is 0.281. The molecular weight excluding hydrogens is 412 g/mol. The van der Waals surface area contributed by atoms with Crippen molar-refractivity contribution in [2.24, 2.45) is 38.9 Å². The minimum absolute atomic E-state index is 0.108. The van der Waals surface area contributed by atoms with E-state index in [0.29, 0.717) is 6.42 Å². The summed E-state index contributed by atoms with van der Waals surface area (Å²) in [5, 5.41) is 0. The number of carbonyl (C=O) groups is 3. The fraction of sp³-hybridized carbons (Fsp3) is 0.690. The van der Waals surface area contributed by atoms with E-state index >= 15 is 0 Å².